The van der Waals surface area contributed by atoms with Crippen LogP contribution in [0.3, 0.4) is 0 Å². The number of rotatable bonds is 2. The quantitative estimate of drug-likeness (QED) is 0.664. The van der Waals surface area contributed by atoms with Crippen LogP contribution in [0.25, 0.3) is 17.0 Å². The van der Waals surface area contributed by atoms with Crippen LogP contribution in [0.2, 0.25) is 5.15 Å². The van der Waals surface area contributed by atoms with Crippen LogP contribution >= 0.6 is 11.6 Å². The van der Waals surface area contributed by atoms with E-state index in [1.165, 1.54) is 0 Å². The number of pyridine rings is 1. The predicted octanol–water partition coefficient (Wildman–Crippen LogP) is 3.06. The molecule has 0 aliphatic rings. The summed E-state index contributed by atoms with van der Waals surface area (Å²) in [4.78, 5) is 0. The van der Waals surface area contributed by atoms with Gasteiger partial charge in [-0.2, -0.15) is 0 Å². The normalized spacial score (nSPS) is 10.8. The molecule has 0 saturated carbocycles. The lowest BCUT2D eigenvalue weighted by Gasteiger charge is -2.03. The van der Waals surface area contributed by atoms with Crippen molar-refractivity contribution in [3.63, 3.8) is 0 Å². The highest BCUT2D eigenvalue weighted by Gasteiger charge is 2.10. The topological polar surface area (TPSA) is 39.4 Å². The van der Waals surface area contributed by atoms with Gasteiger partial charge < -0.3 is 4.74 Å². The Labute approximate surface area is 109 Å². The molecule has 0 fully saturated rings. The number of nitrogens with zero attached hydrogens (tertiary/aromatic N) is 3. The highest BCUT2D eigenvalue weighted by Crippen LogP contribution is 2.24. The van der Waals surface area contributed by atoms with Crippen molar-refractivity contribution in [2.24, 2.45) is 0 Å². The van der Waals surface area contributed by atoms with E-state index >= 15 is 0 Å². The van der Waals surface area contributed by atoms with Crippen molar-refractivity contribution >= 4 is 17.2 Å². The molecular formula is C13H10ClN3O. The van der Waals surface area contributed by atoms with Crippen LogP contribution in [0.15, 0.2) is 42.5 Å². The molecule has 0 radical (unpaired) electrons. The minimum Gasteiger partial charge on any atom is -0.497 e. The molecule has 0 unspecified atom stereocenters. The number of ether oxygens (including phenoxy) is 1. The Bertz CT molecular complexity index is 691. The largest absolute Gasteiger partial charge is 0.497 e. The van der Waals surface area contributed by atoms with Crippen LogP contribution in [0, 0.1) is 0 Å². The van der Waals surface area contributed by atoms with Crippen LogP contribution in [0.1, 0.15) is 0 Å². The van der Waals surface area contributed by atoms with Crippen LogP contribution in [0.4, 0.5) is 0 Å². The molecule has 5 heteroatoms. The van der Waals surface area contributed by atoms with Crippen LogP contribution < -0.4 is 4.74 Å². The fourth-order valence-corrected chi connectivity index (χ4v) is 2.07. The summed E-state index contributed by atoms with van der Waals surface area (Å²) in [7, 11) is 1.64. The number of methoxy groups -OCH3 is 1. The summed E-state index contributed by atoms with van der Waals surface area (Å²) in [6.07, 6.45) is 0. The van der Waals surface area contributed by atoms with E-state index in [-0.39, 0.29) is 0 Å². The first kappa shape index (κ1) is 11.0. The molecule has 0 atom stereocenters. The Morgan fingerprint density at radius 3 is 2.56 bits per heavy atom. The van der Waals surface area contributed by atoms with E-state index in [0.29, 0.717) is 5.15 Å². The van der Waals surface area contributed by atoms with E-state index in [9.17, 15) is 0 Å². The van der Waals surface area contributed by atoms with Gasteiger partial charge in [0.25, 0.3) is 0 Å². The maximum atomic E-state index is 6.17. The number of fused-ring (bicyclic) bond motifs is 1. The molecule has 0 amide bonds. The molecule has 0 aliphatic carbocycles. The van der Waals surface area contributed by atoms with E-state index in [0.717, 1.165) is 22.8 Å². The first-order valence-electron chi connectivity index (χ1n) is 5.43. The zero-order chi connectivity index (χ0) is 12.5. The third-order valence-corrected chi connectivity index (χ3v) is 3.02. The maximum Gasteiger partial charge on any atom is 0.169 e. The summed E-state index contributed by atoms with van der Waals surface area (Å²) in [5, 5.41) is 8.85. The van der Waals surface area contributed by atoms with Gasteiger partial charge in [-0.1, -0.05) is 17.7 Å². The van der Waals surface area contributed by atoms with E-state index < -0.39 is 0 Å². The fourth-order valence-electron chi connectivity index (χ4n) is 1.83. The summed E-state index contributed by atoms with van der Waals surface area (Å²) in [5.74, 6) is 1.52. The Balaban J connectivity index is 2.18. The summed E-state index contributed by atoms with van der Waals surface area (Å²) in [6.45, 7) is 0. The molecule has 3 aromatic rings. The minimum atomic E-state index is 0.586. The highest BCUT2D eigenvalue weighted by atomic mass is 35.5. The van der Waals surface area contributed by atoms with Gasteiger partial charge in [0.15, 0.2) is 11.5 Å². The van der Waals surface area contributed by atoms with Gasteiger partial charge in [-0.25, -0.2) is 0 Å². The smallest absolute Gasteiger partial charge is 0.169 e. The maximum absolute atomic E-state index is 6.17. The molecule has 18 heavy (non-hydrogen) atoms. The van der Waals surface area contributed by atoms with Gasteiger partial charge in [-0.3, -0.25) is 4.40 Å². The van der Waals surface area contributed by atoms with Crippen molar-refractivity contribution < 1.29 is 4.74 Å². The minimum absolute atomic E-state index is 0.586. The standard InChI is InChI=1S/C13H10ClN3O/c1-18-10-7-5-9(6-8-10)13-16-15-12-4-2-3-11(14)17(12)13/h2-8H,1H3. The Kier molecular flexibility index (Phi) is 2.64. The number of hydrogen-bond donors (Lipinski definition) is 0. The molecule has 0 spiro atoms. The highest BCUT2D eigenvalue weighted by molar-refractivity contribution is 6.29. The third kappa shape index (κ3) is 1.71. The molecule has 90 valence electrons. The molecular weight excluding hydrogens is 250 g/mol. The molecule has 0 N–H and O–H groups in total. The lowest BCUT2D eigenvalue weighted by atomic mass is 10.2. The summed E-state index contributed by atoms with van der Waals surface area (Å²) in [6, 6.07) is 13.2. The van der Waals surface area contributed by atoms with Gasteiger partial charge in [0.2, 0.25) is 0 Å². The average Bonchev–Trinajstić information content (AvgIpc) is 2.84. The number of benzene rings is 1. The molecule has 0 bridgehead atoms. The second kappa shape index (κ2) is 4.31. The molecule has 2 aromatic heterocycles. The van der Waals surface area contributed by atoms with E-state index in [4.69, 9.17) is 16.3 Å². The Morgan fingerprint density at radius 1 is 1.06 bits per heavy atom. The van der Waals surface area contributed by atoms with Gasteiger partial charge in [0.1, 0.15) is 10.9 Å². The van der Waals surface area contributed by atoms with Crippen molar-refractivity contribution in [3.8, 4) is 17.1 Å². The van der Waals surface area contributed by atoms with E-state index in [2.05, 4.69) is 10.2 Å². The second-order valence-electron chi connectivity index (χ2n) is 3.79. The summed E-state index contributed by atoms with van der Waals surface area (Å²) in [5.41, 5.74) is 1.67. The molecule has 0 aliphatic heterocycles. The molecule has 4 nitrogen and oxygen atoms in total. The van der Waals surface area contributed by atoms with Crippen LogP contribution in [0.5, 0.6) is 5.75 Å². The average molecular weight is 260 g/mol. The Morgan fingerprint density at radius 2 is 1.83 bits per heavy atom. The fraction of sp³-hybridized carbons (Fsp3) is 0.0769. The number of halogens is 1. The number of aromatic nitrogens is 3. The molecule has 2 heterocycles. The summed E-state index contributed by atoms with van der Waals surface area (Å²) < 4.78 is 6.94. The zero-order valence-corrected chi connectivity index (χ0v) is 10.4. The van der Waals surface area contributed by atoms with E-state index in [1.807, 2.05) is 46.9 Å². The van der Waals surface area contributed by atoms with Crippen molar-refractivity contribution in [1.82, 2.24) is 14.6 Å². The van der Waals surface area contributed by atoms with Gasteiger partial charge in [0.05, 0.1) is 7.11 Å². The second-order valence-corrected chi connectivity index (χ2v) is 4.18. The predicted molar refractivity (Wildman–Crippen MR) is 70.0 cm³/mol. The Hall–Kier alpha value is -2.07. The lowest BCUT2D eigenvalue weighted by Crippen LogP contribution is -1.91. The molecule has 1 aromatic carbocycles. The van der Waals surface area contributed by atoms with Crippen molar-refractivity contribution in [3.05, 3.63) is 47.6 Å². The van der Waals surface area contributed by atoms with Gasteiger partial charge in [0, 0.05) is 5.56 Å². The van der Waals surface area contributed by atoms with Crippen LogP contribution in [-0.4, -0.2) is 21.7 Å². The van der Waals surface area contributed by atoms with Gasteiger partial charge >= 0.3 is 0 Å². The van der Waals surface area contributed by atoms with Gasteiger partial charge in [-0.05, 0) is 36.4 Å². The third-order valence-electron chi connectivity index (χ3n) is 2.73. The van der Waals surface area contributed by atoms with Crippen molar-refractivity contribution in [2.75, 3.05) is 7.11 Å². The van der Waals surface area contributed by atoms with E-state index in [1.54, 1.807) is 7.11 Å². The lowest BCUT2D eigenvalue weighted by molar-refractivity contribution is 0.415. The van der Waals surface area contributed by atoms with Crippen molar-refractivity contribution in [1.29, 1.82) is 0 Å². The number of hydrogen-bond acceptors (Lipinski definition) is 3. The van der Waals surface area contributed by atoms with Crippen LogP contribution in [-0.2, 0) is 0 Å². The monoisotopic (exact) mass is 259 g/mol. The van der Waals surface area contributed by atoms with Gasteiger partial charge in [-0.15, -0.1) is 10.2 Å². The molecule has 3 rings (SSSR count). The first-order valence-corrected chi connectivity index (χ1v) is 5.81. The SMILES string of the molecule is COc1ccc(-c2nnc3cccc(Cl)n23)cc1. The van der Waals surface area contributed by atoms with Crippen molar-refractivity contribution in [2.45, 2.75) is 0 Å². The molecule has 0 saturated heterocycles. The first-order chi connectivity index (χ1) is 8.79. The zero-order valence-electron chi connectivity index (χ0n) is 9.67. The summed E-state index contributed by atoms with van der Waals surface area (Å²) >= 11 is 6.17.